The average molecular weight is 307 g/mol. The first-order valence-electron chi connectivity index (χ1n) is 7.37. The minimum atomic E-state index is -0.106. The zero-order valence-corrected chi connectivity index (χ0v) is 13.3. The van der Waals surface area contributed by atoms with Gasteiger partial charge >= 0.3 is 0 Å². The fraction of sp³-hybridized carbons (Fsp3) is 0.600. The summed E-state index contributed by atoms with van der Waals surface area (Å²) < 4.78 is 7.44. The van der Waals surface area contributed by atoms with Crippen LogP contribution in [0.3, 0.4) is 0 Å². The molecule has 0 atom stereocenters. The molecule has 0 radical (unpaired) electrons. The third kappa shape index (κ3) is 3.27. The van der Waals surface area contributed by atoms with Gasteiger partial charge in [-0.25, -0.2) is 4.98 Å². The van der Waals surface area contributed by atoms with Crippen LogP contribution < -0.4 is 5.32 Å². The van der Waals surface area contributed by atoms with Crippen molar-refractivity contribution in [2.45, 2.75) is 45.1 Å². The van der Waals surface area contributed by atoms with E-state index < -0.39 is 0 Å². The molecule has 5 nitrogen and oxygen atoms in total. The number of carbonyl (C=O) groups excluding carboxylic acids is 1. The Balaban J connectivity index is 1.58. The number of imidazole rings is 1. The van der Waals surface area contributed by atoms with E-state index in [1.807, 2.05) is 13.1 Å². The standard InChI is InChI=1S/C15H21N3O2S/c1-11-9-18-12(10-21-14(18)16-11)3-4-13(19)17-15(2)5-7-20-8-6-15/h9-10H,3-8H2,1-2H3,(H,17,19). The number of rotatable bonds is 4. The number of nitrogens with one attached hydrogen (secondary N) is 1. The summed E-state index contributed by atoms with van der Waals surface area (Å²) >= 11 is 1.62. The lowest BCUT2D eigenvalue weighted by Crippen LogP contribution is -2.49. The summed E-state index contributed by atoms with van der Waals surface area (Å²) in [5.74, 6) is 0.121. The van der Waals surface area contributed by atoms with Gasteiger partial charge < -0.3 is 10.1 Å². The molecule has 0 spiro atoms. The van der Waals surface area contributed by atoms with Gasteiger partial charge in [0, 0.05) is 42.4 Å². The zero-order valence-electron chi connectivity index (χ0n) is 12.5. The van der Waals surface area contributed by atoms with Crippen LogP contribution in [0.15, 0.2) is 11.6 Å². The molecule has 1 N–H and O–H groups in total. The summed E-state index contributed by atoms with van der Waals surface area (Å²) in [6.45, 7) is 5.56. The van der Waals surface area contributed by atoms with Crippen molar-refractivity contribution in [3.8, 4) is 0 Å². The maximum Gasteiger partial charge on any atom is 0.220 e. The third-order valence-electron chi connectivity index (χ3n) is 4.05. The van der Waals surface area contributed by atoms with Gasteiger partial charge in [0.2, 0.25) is 5.91 Å². The largest absolute Gasteiger partial charge is 0.381 e. The Morgan fingerprint density at radius 2 is 2.29 bits per heavy atom. The van der Waals surface area contributed by atoms with Crippen LogP contribution in [-0.4, -0.2) is 34.0 Å². The lowest BCUT2D eigenvalue weighted by atomic mass is 9.92. The molecule has 0 aromatic carbocycles. The Morgan fingerprint density at radius 1 is 1.52 bits per heavy atom. The van der Waals surface area contributed by atoms with E-state index in [1.165, 1.54) is 0 Å². The molecule has 1 amide bonds. The molecule has 0 bridgehead atoms. The van der Waals surface area contributed by atoms with Crippen LogP contribution in [0.2, 0.25) is 0 Å². The van der Waals surface area contributed by atoms with Gasteiger partial charge in [0.25, 0.3) is 0 Å². The molecule has 1 aliphatic heterocycles. The van der Waals surface area contributed by atoms with Crippen molar-refractivity contribution in [3.63, 3.8) is 0 Å². The first-order valence-corrected chi connectivity index (χ1v) is 8.25. The maximum atomic E-state index is 12.2. The lowest BCUT2D eigenvalue weighted by molar-refractivity contribution is -0.123. The van der Waals surface area contributed by atoms with E-state index >= 15 is 0 Å². The highest BCUT2D eigenvalue weighted by molar-refractivity contribution is 7.15. The molecular weight excluding hydrogens is 286 g/mol. The fourth-order valence-corrected chi connectivity index (χ4v) is 3.66. The van der Waals surface area contributed by atoms with Crippen LogP contribution >= 0.6 is 11.3 Å². The number of hydrogen-bond donors (Lipinski definition) is 1. The topological polar surface area (TPSA) is 55.6 Å². The van der Waals surface area contributed by atoms with Crippen molar-refractivity contribution in [2.75, 3.05) is 13.2 Å². The molecule has 2 aromatic heterocycles. The Morgan fingerprint density at radius 3 is 3.05 bits per heavy atom. The van der Waals surface area contributed by atoms with Gasteiger partial charge in [0.15, 0.2) is 4.96 Å². The van der Waals surface area contributed by atoms with Crippen molar-refractivity contribution >= 4 is 22.2 Å². The summed E-state index contributed by atoms with van der Waals surface area (Å²) in [4.78, 5) is 17.6. The molecule has 0 aliphatic carbocycles. The molecule has 6 heteroatoms. The van der Waals surface area contributed by atoms with Gasteiger partial charge in [0.05, 0.1) is 5.69 Å². The lowest BCUT2D eigenvalue weighted by Gasteiger charge is -2.34. The Hall–Kier alpha value is -1.40. The quantitative estimate of drug-likeness (QED) is 0.943. The van der Waals surface area contributed by atoms with Gasteiger partial charge in [-0.15, -0.1) is 11.3 Å². The predicted octanol–water partition coefficient (Wildman–Crippen LogP) is 2.32. The van der Waals surface area contributed by atoms with E-state index in [2.05, 4.69) is 27.0 Å². The summed E-state index contributed by atoms with van der Waals surface area (Å²) in [6, 6.07) is 0. The fourth-order valence-electron chi connectivity index (χ4n) is 2.71. The average Bonchev–Trinajstić information content (AvgIpc) is 2.96. The highest BCUT2D eigenvalue weighted by Gasteiger charge is 2.28. The normalized spacial score (nSPS) is 18.0. The molecule has 1 saturated heterocycles. The van der Waals surface area contributed by atoms with Crippen molar-refractivity contribution in [3.05, 3.63) is 23.0 Å². The third-order valence-corrected chi connectivity index (χ3v) is 4.94. The van der Waals surface area contributed by atoms with Crippen molar-refractivity contribution in [1.82, 2.24) is 14.7 Å². The molecule has 114 valence electrons. The predicted molar refractivity (Wildman–Crippen MR) is 82.7 cm³/mol. The molecule has 0 saturated carbocycles. The van der Waals surface area contributed by atoms with Gasteiger partial charge in [-0.2, -0.15) is 0 Å². The van der Waals surface area contributed by atoms with Crippen molar-refractivity contribution in [1.29, 1.82) is 0 Å². The van der Waals surface area contributed by atoms with Crippen LogP contribution in [-0.2, 0) is 16.0 Å². The smallest absolute Gasteiger partial charge is 0.220 e. The minimum Gasteiger partial charge on any atom is -0.381 e. The van der Waals surface area contributed by atoms with E-state index in [0.29, 0.717) is 6.42 Å². The minimum absolute atomic E-state index is 0.106. The summed E-state index contributed by atoms with van der Waals surface area (Å²) in [5.41, 5.74) is 2.07. The summed E-state index contributed by atoms with van der Waals surface area (Å²) in [7, 11) is 0. The van der Waals surface area contributed by atoms with Crippen LogP contribution in [0.5, 0.6) is 0 Å². The van der Waals surface area contributed by atoms with Gasteiger partial charge in [-0.3, -0.25) is 9.20 Å². The van der Waals surface area contributed by atoms with Crippen molar-refractivity contribution in [2.24, 2.45) is 0 Å². The van der Waals surface area contributed by atoms with Gasteiger partial charge in [0.1, 0.15) is 0 Å². The van der Waals surface area contributed by atoms with Gasteiger partial charge in [-0.05, 0) is 33.1 Å². The molecule has 2 aromatic rings. The maximum absolute atomic E-state index is 12.2. The number of aryl methyl sites for hydroxylation is 2. The summed E-state index contributed by atoms with van der Waals surface area (Å²) in [5, 5.41) is 5.26. The number of thiazole rings is 1. The number of fused-ring (bicyclic) bond motifs is 1. The van der Waals surface area contributed by atoms with Gasteiger partial charge in [-0.1, -0.05) is 0 Å². The number of aromatic nitrogens is 2. The second-order valence-electron chi connectivity index (χ2n) is 5.98. The van der Waals surface area contributed by atoms with Crippen LogP contribution in [0.1, 0.15) is 37.6 Å². The van der Waals surface area contributed by atoms with E-state index in [0.717, 1.165) is 48.8 Å². The Kier molecular flexibility index (Phi) is 3.99. The highest BCUT2D eigenvalue weighted by Crippen LogP contribution is 2.21. The first kappa shape index (κ1) is 14.5. The highest BCUT2D eigenvalue weighted by atomic mass is 32.1. The Labute approximate surface area is 128 Å². The van der Waals surface area contributed by atoms with Crippen LogP contribution in [0.25, 0.3) is 4.96 Å². The molecule has 21 heavy (non-hydrogen) atoms. The molecule has 0 unspecified atom stereocenters. The number of ether oxygens (including phenoxy) is 1. The van der Waals surface area contributed by atoms with E-state index in [9.17, 15) is 4.79 Å². The monoisotopic (exact) mass is 307 g/mol. The number of hydrogen-bond acceptors (Lipinski definition) is 4. The number of nitrogens with zero attached hydrogens (tertiary/aromatic N) is 2. The molecular formula is C15H21N3O2S. The molecule has 3 rings (SSSR count). The number of carbonyl (C=O) groups is 1. The number of amides is 1. The SMILES string of the molecule is Cc1cn2c(CCC(=O)NC3(C)CCOCC3)csc2n1. The first-order chi connectivity index (χ1) is 10.1. The summed E-state index contributed by atoms with van der Waals surface area (Å²) in [6.07, 6.45) is 5.07. The van der Waals surface area contributed by atoms with E-state index in [-0.39, 0.29) is 11.4 Å². The Bertz CT molecular complexity index is 640. The molecule has 1 aliphatic rings. The second kappa shape index (κ2) is 5.77. The second-order valence-corrected chi connectivity index (χ2v) is 6.82. The molecule has 1 fully saturated rings. The molecule has 3 heterocycles. The zero-order chi connectivity index (χ0) is 14.9. The van der Waals surface area contributed by atoms with E-state index in [4.69, 9.17) is 4.74 Å². The van der Waals surface area contributed by atoms with Crippen LogP contribution in [0, 0.1) is 6.92 Å². The van der Waals surface area contributed by atoms with Crippen molar-refractivity contribution < 1.29 is 9.53 Å². The van der Waals surface area contributed by atoms with Crippen LogP contribution in [0.4, 0.5) is 0 Å². The van der Waals surface area contributed by atoms with E-state index in [1.54, 1.807) is 11.3 Å².